The largest absolute Gasteiger partial charge is 0.462 e. The van der Waals surface area contributed by atoms with Crippen molar-refractivity contribution in [2.45, 2.75) is 46.1 Å². The molecule has 2 fully saturated rings. The van der Waals surface area contributed by atoms with Crippen LogP contribution in [-0.4, -0.2) is 17.9 Å². The molecular formula is C15H20O3. The number of hydrogen-bond acceptors (Lipinski definition) is 3. The molecule has 1 heterocycles. The minimum Gasteiger partial charge on any atom is -0.462 e. The smallest absolute Gasteiger partial charge is 0.309 e. The third-order valence-corrected chi connectivity index (χ3v) is 5.53. The Morgan fingerprint density at radius 2 is 2.06 bits per heavy atom. The molecule has 18 heavy (non-hydrogen) atoms. The normalized spacial score (nSPS) is 47.2. The number of ether oxygens (including phenoxy) is 1. The fourth-order valence-electron chi connectivity index (χ4n) is 4.36. The van der Waals surface area contributed by atoms with Gasteiger partial charge < -0.3 is 4.74 Å². The van der Waals surface area contributed by atoms with Crippen molar-refractivity contribution in [1.29, 1.82) is 0 Å². The standard InChI is InChI=1S/C15H20O3/c1-8-6-11(16)7-10-4-5-12-13(15(8,10)3)9(2)14(17)18-12/h7-9,12-13H,4-6H2,1-3H3/t8-,9-,12-,13-,15+/m0/s1. The van der Waals surface area contributed by atoms with E-state index in [0.717, 1.165) is 12.8 Å². The Morgan fingerprint density at radius 1 is 1.33 bits per heavy atom. The van der Waals surface area contributed by atoms with Gasteiger partial charge in [-0.05, 0) is 30.3 Å². The van der Waals surface area contributed by atoms with Gasteiger partial charge in [0, 0.05) is 12.3 Å². The molecule has 3 aliphatic rings. The summed E-state index contributed by atoms with van der Waals surface area (Å²) in [6, 6.07) is 0. The highest BCUT2D eigenvalue weighted by Gasteiger charge is 2.58. The molecule has 1 saturated heterocycles. The summed E-state index contributed by atoms with van der Waals surface area (Å²) in [5.74, 6) is 0.685. The van der Waals surface area contributed by atoms with E-state index in [1.165, 1.54) is 5.57 Å². The van der Waals surface area contributed by atoms with Gasteiger partial charge >= 0.3 is 5.97 Å². The third kappa shape index (κ3) is 1.36. The lowest BCUT2D eigenvalue weighted by Gasteiger charge is -2.50. The summed E-state index contributed by atoms with van der Waals surface area (Å²) in [5, 5.41) is 0. The average Bonchev–Trinajstić information content (AvgIpc) is 2.58. The first-order valence-corrected chi connectivity index (χ1v) is 6.89. The number of allylic oxidation sites excluding steroid dienone is 2. The molecule has 1 aliphatic heterocycles. The second kappa shape index (κ2) is 3.69. The SMILES string of the molecule is C[C@@H]1C(=O)O[C@H]2CCC3=CC(=O)C[C@H](C)[C@@]3(C)[C@H]21. The summed E-state index contributed by atoms with van der Waals surface area (Å²) in [4.78, 5) is 23.6. The highest BCUT2D eigenvalue weighted by Crippen LogP contribution is 2.58. The quantitative estimate of drug-likeness (QED) is 0.619. The van der Waals surface area contributed by atoms with Gasteiger partial charge in [0.05, 0.1) is 5.92 Å². The van der Waals surface area contributed by atoms with Gasteiger partial charge in [0.1, 0.15) is 6.10 Å². The highest BCUT2D eigenvalue weighted by atomic mass is 16.6. The number of ketones is 1. The van der Waals surface area contributed by atoms with Crippen molar-refractivity contribution in [2.24, 2.45) is 23.2 Å². The Balaban J connectivity index is 2.08. The van der Waals surface area contributed by atoms with Crippen LogP contribution in [0.25, 0.3) is 0 Å². The summed E-state index contributed by atoms with van der Waals surface area (Å²) in [6.45, 7) is 6.35. The number of carbonyl (C=O) groups is 2. The van der Waals surface area contributed by atoms with E-state index < -0.39 is 0 Å². The topological polar surface area (TPSA) is 43.4 Å². The molecule has 0 amide bonds. The fraction of sp³-hybridized carbons (Fsp3) is 0.733. The lowest BCUT2D eigenvalue weighted by molar-refractivity contribution is -0.144. The lowest BCUT2D eigenvalue weighted by Crippen LogP contribution is -2.48. The summed E-state index contributed by atoms with van der Waals surface area (Å²) in [6.07, 6.45) is 4.27. The van der Waals surface area contributed by atoms with Crippen molar-refractivity contribution < 1.29 is 14.3 Å². The van der Waals surface area contributed by atoms with Gasteiger partial charge in [-0.25, -0.2) is 0 Å². The van der Waals surface area contributed by atoms with E-state index in [4.69, 9.17) is 4.74 Å². The maximum absolute atomic E-state index is 11.8. The van der Waals surface area contributed by atoms with Crippen LogP contribution in [0.1, 0.15) is 40.0 Å². The van der Waals surface area contributed by atoms with Crippen LogP contribution in [-0.2, 0) is 14.3 Å². The molecule has 0 bridgehead atoms. The van der Waals surface area contributed by atoms with E-state index >= 15 is 0 Å². The minimum atomic E-state index is -0.0587. The minimum absolute atomic E-state index is 0.0393. The molecule has 0 radical (unpaired) electrons. The molecule has 98 valence electrons. The van der Waals surface area contributed by atoms with Crippen molar-refractivity contribution in [2.75, 3.05) is 0 Å². The number of carbonyl (C=O) groups excluding carboxylic acids is 2. The van der Waals surface area contributed by atoms with Gasteiger partial charge in [-0.15, -0.1) is 0 Å². The van der Waals surface area contributed by atoms with Crippen LogP contribution in [0.15, 0.2) is 11.6 Å². The van der Waals surface area contributed by atoms with Gasteiger partial charge in [0.2, 0.25) is 0 Å². The van der Waals surface area contributed by atoms with E-state index in [1.807, 2.05) is 13.0 Å². The molecule has 0 aromatic heterocycles. The van der Waals surface area contributed by atoms with Crippen LogP contribution >= 0.6 is 0 Å². The highest BCUT2D eigenvalue weighted by molar-refractivity contribution is 5.92. The van der Waals surface area contributed by atoms with E-state index in [1.54, 1.807) is 0 Å². The fourth-order valence-corrected chi connectivity index (χ4v) is 4.36. The Labute approximate surface area is 108 Å². The summed E-state index contributed by atoms with van der Waals surface area (Å²) in [7, 11) is 0. The molecule has 3 heteroatoms. The van der Waals surface area contributed by atoms with Crippen molar-refractivity contribution in [3.05, 3.63) is 11.6 Å². The van der Waals surface area contributed by atoms with Crippen LogP contribution in [0, 0.1) is 23.2 Å². The Kier molecular flexibility index (Phi) is 2.45. The first-order chi connectivity index (χ1) is 8.44. The van der Waals surface area contributed by atoms with Crippen molar-refractivity contribution >= 4 is 11.8 Å². The Hall–Kier alpha value is -1.12. The van der Waals surface area contributed by atoms with Crippen molar-refractivity contribution in [3.8, 4) is 0 Å². The van der Waals surface area contributed by atoms with E-state index in [0.29, 0.717) is 12.3 Å². The maximum atomic E-state index is 11.8. The number of fused-ring (bicyclic) bond motifs is 3. The molecular weight excluding hydrogens is 228 g/mol. The second-order valence-electron chi connectivity index (χ2n) is 6.35. The maximum Gasteiger partial charge on any atom is 0.309 e. The van der Waals surface area contributed by atoms with E-state index in [9.17, 15) is 9.59 Å². The summed E-state index contributed by atoms with van der Waals surface area (Å²) < 4.78 is 5.52. The molecule has 3 rings (SSSR count). The zero-order chi connectivity index (χ0) is 13.1. The van der Waals surface area contributed by atoms with Gasteiger partial charge in [0.25, 0.3) is 0 Å². The van der Waals surface area contributed by atoms with Crippen LogP contribution < -0.4 is 0 Å². The first-order valence-electron chi connectivity index (χ1n) is 6.89. The molecule has 3 nitrogen and oxygen atoms in total. The lowest BCUT2D eigenvalue weighted by atomic mass is 9.53. The van der Waals surface area contributed by atoms with Gasteiger partial charge in [-0.2, -0.15) is 0 Å². The Bertz CT molecular complexity index is 451. The second-order valence-corrected chi connectivity index (χ2v) is 6.35. The molecule has 0 N–H and O–H groups in total. The third-order valence-electron chi connectivity index (χ3n) is 5.53. The predicted molar refractivity (Wildman–Crippen MR) is 66.7 cm³/mol. The molecule has 0 aromatic rings. The van der Waals surface area contributed by atoms with Crippen LogP contribution in [0.3, 0.4) is 0 Å². The first kappa shape index (κ1) is 11.9. The zero-order valence-corrected chi connectivity index (χ0v) is 11.2. The van der Waals surface area contributed by atoms with E-state index in [-0.39, 0.29) is 35.1 Å². The monoisotopic (exact) mass is 248 g/mol. The molecule has 1 saturated carbocycles. The van der Waals surface area contributed by atoms with Gasteiger partial charge in [-0.1, -0.05) is 26.3 Å². The summed E-state index contributed by atoms with van der Waals surface area (Å²) >= 11 is 0. The van der Waals surface area contributed by atoms with Crippen molar-refractivity contribution in [1.82, 2.24) is 0 Å². The molecule has 0 aromatic carbocycles. The predicted octanol–water partition coefficient (Wildman–Crippen LogP) is 2.50. The van der Waals surface area contributed by atoms with Crippen LogP contribution in [0.5, 0.6) is 0 Å². The van der Waals surface area contributed by atoms with Crippen LogP contribution in [0.2, 0.25) is 0 Å². The Morgan fingerprint density at radius 3 is 2.78 bits per heavy atom. The average molecular weight is 248 g/mol. The van der Waals surface area contributed by atoms with E-state index in [2.05, 4.69) is 13.8 Å². The number of esters is 1. The van der Waals surface area contributed by atoms with Gasteiger partial charge in [0.15, 0.2) is 5.78 Å². The summed E-state index contributed by atoms with van der Waals surface area (Å²) in [5.41, 5.74) is 1.21. The van der Waals surface area contributed by atoms with Gasteiger partial charge in [-0.3, -0.25) is 9.59 Å². The molecule has 0 unspecified atom stereocenters. The zero-order valence-electron chi connectivity index (χ0n) is 11.2. The molecule has 0 spiro atoms. The van der Waals surface area contributed by atoms with Crippen molar-refractivity contribution in [3.63, 3.8) is 0 Å². The molecule has 2 aliphatic carbocycles. The number of rotatable bonds is 0. The molecule has 5 atom stereocenters. The van der Waals surface area contributed by atoms with Crippen LogP contribution in [0.4, 0.5) is 0 Å². The number of hydrogen-bond donors (Lipinski definition) is 0.